The van der Waals surface area contributed by atoms with Gasteiger partial charge in [0.25, 0.3) is 10.0 Å². The highest BCUT2D eigenvalue weighted by Gasteiger charge is 2.39. The third-order valence-corrected chi connectivity index (χ3v) is 5.96. The second-order valence-electron chi connectivity index (χ2n) is 6.33. The number of fused-ring (bicyclic) bond motifs is 1. The number of nitrogens with zero attached hydrogens (tertiary/aromatic N) is 2. The number of carbonyl (C=O) groups excluding carboxylic acids is 1. The third kappa shape index (κ3) is 2.99. The minimum Gasteiger partial charge on any atom is -0.459 e. The van der Waals surface area contributed by atoms with Crippen LogP contribution in [0.2, 0.25) is 0 Å². The number of ether oxygens (including phenoxy) is 1. The number of carbonyl (C=O) groups is 1. The molecular weight excluding hydrogens is 352 g/mol. The van der Waals surface area contributed by atoms with Crippen LogP contribution in [0.25, 0.3) is 0 Å². The van der Waals surface area contributed by atoms with Crippen LogP contribution in [0.3, 0.4) is 0 Å². The second kappa shape index (κ2) is 6.57. The Kier molecular flexibility index (Phi) is 4.24. The zero-order valence-electron chi connectivity index (χ0n) is 14.0. The van der Waals surface area contributed by atoms with E-state index in [4.69, 9.17) is 4.74 Å². The Labute approximate surface area is 152 Å². The summed E-state index contributed by atoms with van der Waals surface area (Å²) >= 11 is 0. The minimum atomic E-state index is -3.70. The molecule has 2 aliphatic rings. The maximum Gasteiger partial charge on any atom is 0.329 e. The first kappa shape index (κ1) is 16.8. The predicted molar refractivity (Wildman–Crippen MR) is 96.1 cm³/mol. The van der Waals surface area contributed by atoms with Gasteiger partial charge in [0.15, 0.2) is 5.84 Å². The number of sulfonamides is 1. The number of benzene rings is 2. The van der Waals surface area contributed by atoms with Gasteiger partial charge in [-0.05, 0) is 30.5 Å². The van der Waals surface area contributed by atoms with Gasteiger partial charge in [0.05, 0.1) is 0 Å². The average molecular weight is 370 g/mol. The minimum absolute atomic E-state index is 0.193. The summed E-state index contributed by atoms with van der Waals surface area (Å²) in [5.74, 6) is -0.00408. The molecule has 2 aromatic carbocycles. The summed E-state index contributed by atoms with van der Waals surface area (Å²) < 4.78 is 33.9. The molecule has 0 bridgehead atoms. The highest BCUT2D eigenvalue weighted by atomic mass is 32.2. The summed E-state index contributed by atoms with van der Waals surface area (Å²) in [6.07, 6.45) is 1.40. The van der Waals surface area contributed by atoms with E-state index in [1.54, 1.807) is 29.2 Å². The van der Waals surface area contributed by atoms with Crippen LogP contribution in [-0.4, -0.2) is 37.7 Å². The smallest absolute Gasteiger partial charge is 0.329 e. The Balaban J connectivity index is 1.55. The molecule has 2 aliphatic heterocycles. The topological polar surface area (TPSA) is 76.0 Å². The van der Waals surface area contributed by atoms with Crippen LogP contribution < -0.4 is 0 Å². The molecular formula is C19H18N2O4S. The number of hydrogen-bond acceptors (Lipinski definition) is 5. The molecule has 0 N–H and O–H groups in total. The third-order valence-electron chi connectivity index (χ3n) is 4.63. The van der Waals surface area contributed by atoms with Crippen molar-refractivity contribution < 1.29 is 17.9 Å². The van der Waals surface area contributed by atoms with Gasteiger partial charge >= 0.3 is 5.97 Å². The highest BCUT2D eigenvalue weighted by molar-refractivity contribution is 7.90. The van der Waals surface area contributed by atoms with Crippen LogP contribution in [-0.2, 0) is 26.2 Å². The van der Waals surface area contributed by atoms with Crippen molar-refractivity contribution >= 4 is 21.8 Å². The van der Waals surface area contributed by atoms with Crippen molar-refractivity contribution in [2.24, 2.45) is 4.40 Å². The van der Waals surface area contributed by atoms with Crippen LogP contribution in [0.4, 0.5) is 0 Å². The van der Waals surface area contributed by atoms with Crippen LogP contribution in [0.15, 0.2) is 63.9 Å². The molecule has 0 aliphatic carbocycles. The van der Waals surface area contributed by atoms with Gasteiger partial charge in [0.2, 0.25) is 0 Å². The van der Waals surface area contributed by atoms with Gasteiger partial charge < -0.3 is 9.64 Å². The largest absolute Gasteiger partial charge is 0.459 e. The van der Waals surface area contributed by atoms with Crippen molar-refractivity contribution in [1.29, 1.82) is 0 Å². The van der Waals surface area contributed by atoms with E-state index in [0.29, 0.717) is 24.4 Å². The normalized spacial score (nSPS) is 20.5. The fourth-order valence-corrected chi connectivity index (χ4v) is 4.60. The molecule has 0 saturated carbocycles. The van der Waals surface area contributed by atoms with E-state index in [9.17, 15) is 13.2 Å². The molecule has 2 aromatic rings. The molecule has 1 unspecified atom stereocenters. The van der Waals surface area contributed by atoms with E-state index in [2.05, 4.69) is 4.40 Å². The van der Waals surface area contributed by atoms with Crippen molar-refractivity contribution in [2.45, 2.75) is 30.4 Å². The van der Waals surface area contributed by atoms with E-state index in [1.165, 1.54) is 0 Å². The lowest BCUT2D eigenvalue weighted by Crippen LogP contribution is -2.41. The van der Waals surface area contributed by atoms with Crippen molar-refractivity contribution in [2.75, 3.05) is 6.54 Å². The Bertz CT molecular complexity index is 970. The molecule has 7 heteroatoms. The van der Waals surface area contributed by atoms with Gasteiger partial charge in [-0.1, -0.05) is 42.5 Å². The first-order chi connectivity index (χ1) is 12.6. The molecule has 6 nitrogen and oxygen atoms in total. The van der Waals surface area contributed by atoms with Crippen molar-refractivity contribution in [1.82, 2.24) is 4.90 Å². The molecule has 2 heterocycles. The lowest BCUT2D eigenvalue weighted by Gasteiger charge is -2.25. The summed E-state index contributed by atoms with van der Waals surface area (Å²) in [6.45, 7) is 0.777. The summed E-state index contributed by atoms with van der Waals surface area (Å²) in [5, 5.41) is 0. The molecule has 0 aromatic heterocycles. The molecule has 134 valence electrons. The highest BCUT2D eigenvalue weighted by Crippen LogP contribution is 2.31. The van der Waals surface area contributed by atoms with E-state index in [1.807, 2.05) is 30.3 Å². The van der Waals surface area contributed by atoms with Crippen LogP contribution >= 0.6 is 0 Å². The number of esters is 1. The number of rotatable bonds is 3. The first-order valence-electron chi connectivity index (χ1n) is 8.48. The van der Waals surface area contributed by atoms with Gasteiger partial charge in [-0.25, -0.2) is 4.79 Å². The lowest BCUT2D eigenvalue weighted by molar-refractivity contribution is -0.149. The zero-order chi connectivity index (χ0) is 18.1. The Morgan fingerprint density at radius 3 is 2.65 bits per heavy atom. The van der Waals surface area contributed by atoms with E-state index >= 15 is 0 Å². The molecule has 26 heavy (non-hydrogen) atoms. The van der Waals surface area contributed by atoms with Crippen LogP contribution in [0.5, 0.6) is 0 Å². The monoisotopic (exact) mass is 370 g/mol. The van der Waals surface area contributed by atoms with Crippen LogP contribution in [0.1, 0.15) is 24.0 Å². The fraction of sp³-hybridized carbons (Fsp3) is 0.263. The summed E-state index contributed by atoms with van der Waals surface area (Å²) in [7, 11) is -3.70. The predicted octanol–water partition coefficient (Wildman–Crippen LogP) is 2.34. The van der Waals surface area contributed by atoms with Crippen molar-refractivity contribution in [3.63, 3.8) is 0 Å². The van der Waals surface area contributed by atoms with Crippen molar-refractivity contribution in [3.05, 3.63) is 65.7 Å². The summed E-state index contributed by atoms with van der Waals surface area (Å²) in [5.41, 5.74) is 1.46. The number of likely N-dealkylation sites (tertiary alicyclic amines) is 1. The van der Waals surface area contributed by atoms with E-state index in [0.717, 1.165) is 12.0 Å². The van der Waals surface area contributed by atoms with Gasteiger partial charge in [-0.2, -0.15) is 8.42 Å². The van der Waals surface area contributed by atoms with Gasteiger partial charge in [-0.15, -0.1) is 4.40 Å². The van der Waals surface area contributed by atoms with Gasteiger partial charge in [0, 0.05) is 12.1 Å². The molecule has 1 saturated heterocycles. The van der Waals surface area contributed by atoms with Gasteiger partial charge in [-0.3, -0.25) is 0 Å². The van der Waals surface area contributed by atoms with E-state index < -0.39 is 16.1 Å². The molecule has 4 rings (SSSR count). The maximum atomic E-state index is 12.6. The second-order valence-corrected chi connectivity index (χ2v) is 7.90. The Morgan fingerprint density at radius 1 is 1.12 bits per heavy atom. The molecule has 1 fully saturated rings. The summed E-state index contributed by atoms with van der Waals surface area (Å²) in [6, 6.07) is 15.7. The van der Waals surface area contributed by atoms with E-state index in [-0.39, 0.29) is 17.5 Å². The van der Waals surface area contributed by atoms with Gasteiger partial charge in [0.1, 0.15) is 17.5 Å². The first-order valence-corrected chi connectivity index (χ1v) is 9.92. The quantitative estimate of drug-likeness (QED) is 0.775. The summed E-state index contributed by atoms with van der Waals surface area (Å²) in [4.78, 5) is 14.5. The van der Waals surface area contributed by atoms with Crippen molar-refractivity contribution in [3.8, 4) is 0 Å². The lowest BCUT2D eigenvalue weighted by atomic mass is 10.1. The standard InChI is InChI=1S/C19H18N2O4S/c22-19(25-13-14-7-2-1-3-8-14)16-10-6-12-21(16)18-15-9-4-5-11-17(15)26(23,24)20-18/h1-5,7-9,11,16H,6,10,12-13H2. The molecule has 0 spiro atoms. The number of amidine groups is 1. The SMILES string of the molecule is O=C(OCc1ccccc1)C1CCCN1C1=NS(=O)(=O)c2ccccc21. The number of hydrogen-bond donors (Lipinski definition) is 0. The zero-order valence-corrected chi connectivity index (χ0v) is 14.9. The molecule has 1 atom stereocenters. The maximum absolute atomic E-state index is 12.6. The fourth-order valence-electron chi connectivity index (χ4n) is 3.39. The molecule has 0 radical (unpaired) electrons. The average Bonchev–Trinajstić information content (AvgIpc) is 3.24. The van der Waals surface area contributed by atoms with Crippen LogP contribution in [0, 0.1) is 0 Å². The Hall–Kier alpha value is -2.67. The molecule has 0 amide bonds. The Morgan fingerprint density at radius 2 is 1.85 bits per heavy atom.